The van der Waals surface area contributed by atoms with Gasteiger partial charge in [0.2, 0.25) is 5.82 Å². The van der Waals surface area contributed by atoms with E-state index in [0.717, 1.165) is 45.3 Å². The van der Waals surface area contributed by atoms with Gasteiger partial charge in [-0.15, -0.1) is 5.10 Å². The van der Waals surface area contributed by atoms with Crippen LogP contribution in [0.25, 0.3) is 0 Å². The van der Waals surface area contributed by atoms with Gasteiger partial charge in [-0.3, -0.25) is 9.48 Å². The topological polar surface area (TPSA) is 54.3 Å². The maximum absolute atomic E-state index is 12.6. The van der Waals surface area contributed by atoms with Crippen LogP contribution in [0.1, 0.15) is 36.3 Å². The number of aromatic nitrogens is 3. The summed E-state index contributed by atoms with van der Waals surface area (Å²) in [7, 11) is 3.94. The van der Waals surface area contributed by atoms with Crippen molar-refractivity contribution in [3.8, 4) is 0 Å². The molecule has 0 N–H and O–H groups in total. The molecule has 19 heavy (non-hydrogen) atoms. The zero-order chi connectivity index (χ0) is 13.5. The molecule has 2 fully saturated rings. The Morgan fingerprint density at radius 3 is 2.58 bits per heavy atom. The molecule has 6 heteroatoms. The highest BCUT2D eigenvalue weighted by atomic mass is 16.2. The minimum Gasteiger partial charge on any atom is -0.330 e. The summed E-state index contributed by atoms with van der Waals surface area (Å²) in [6, 6.07) is 0. The molecule has 0 aliphatic carbocycles. The zero-order valence-electron chi connectivity index (χ0n) is 11.7. The normalized spacial score (nSPS) is 23.2. The number of piperidine rings is 1. The minimum atomic E-state index is 0.00246. The van der Waals surface area contributed by atoms with Gasteiger partial charge in [0, 0.05) is 32.2 Å². The van der Waals surface area contributed by atoms with Gasteiger partial charge < -0.3 is 9.80 Å². The predicted octanol–water partition coefficient (Wildman–Crippen LogP) is 0.515. The third-order valence-electron chi connectivity index (χ3n) is 4.55. The van der Waals surface area contributed by atoms with Crippen molar-refractivity contribution in [2.45, 2.75) is 31.2 Å². The largest absolute Gasteiger partial charge is 0.330 e. The van der Waals surface area contributed by atoms with Crippen LogP contribution in [0.3, 0.4) is 0 Å². The first kappa shape index (κ1) is 12.6. The number of likely N-dealkylation sites (tertiary alicyclic amines) is 2. The molecule has 2 aliphatic rings. The number of aryl methyl sites for hydroxylation is 1. The maximum atomic E-state index is 12.6. The molecule has 0 unspecified atom stereocenters. The van der Waals surface area contributed by atoms with E-state index in [-0.39, 0.29) is 11.4 Å². The molecule has 6 nitrogen and oxygen atoms in total. The van der Waals surface area contributed by atoms with E-state index in [2.05, 4.69) is 22.0 Å². The predicted molar refractivity (Wildman–Crippen MR) is 70.7 cm³/mol. The van der Waals surface area contributed by atoms with Crippen LogP contribution in [0, 0.1) is 0 Å². The first-order valence-electron chi connectivity index (χ1n) is 6.97. The molecule has 3 heterocycles. The van der Waals surface area contributed by atoms with E-state index in [4.69, 9.17) is 0 Å². The Labute approximate surface area is 113 Å². The Hall–Kier alpha value is -1.43. The molecule has 1 spiro atoms. The average Bonchev–Trinajstić information content (AvgIpc) is 3.00. The van der Waals surface area contributed by atoms with Crippen molar-refractivity contribution in [3.05, 3.63) is 12.2 Å². The van der Waals surface area contributed by atoms with Crippen molar-refractivity contribution in [1.82, 2.24) is 24.6 Å². The van der Waals surface area contributed by atoms with Crippen LogP contribution in [0.2, 0.25) is 0 Å². The molecule has 2 aliphatic heterocycles. The van der Waals surface area contributed by atoms with Gasteiger partial charge in [-0.05, 0) is 32.7 Å². The van der Waals surface area contributed by atoms with Gasteiger partial charge in [-0.25, -0.2) is 4.98 Å². The summed E-state index contributed by atoms with van der Waals surface area (Å²) >= 11 is 0. The van der Waals surface area contributed by atoms with E-state index >= 15 is 0 Å². The Morgan fingerprint density at radius 2 is 1.95 bits per heavy atom. The first-order chi connectivity index (χ1) is 9.11. The first-order valence-corrected chi connectivity index (χ1v) is 6.97. The number of rotatable bonds is 1. The highest BCUT2D eigenvalue weighted by Gasteiger charge is 2.45. The van der Waals surface area contributed by atoms with Crippen molar-refractivity contribution >= 4 is 5.91 Å². The summed E-state index contributed by atoms with van der Waals surface area (Å²) in [5.74, 6) is 0.338. The third-order valence-corrected chi connectivity index (χ3v) is 4.55. The van der Waals surface area contributed by atoms with Crippen LogP contribution in [0.4, 0.5) is 0 Å². The van der Waals surface area contributed by atoms with Crippen LogP contribution in [0.5, 0.6) is 0 Å². The lowest BCUT2D eigenvalue weighted by Gasteiger charge is -2.43. The molecule has 1 aromatic heterocycles. The quantitative estimate of drug-likeness (QED) is 0.741. The summed E-state index contributed by atoms with van der Waals surface area (Å²) in [6.45, 7) is 2.99. The molecule has 1 aromatic rings. The number of nitrogens with zero attached hydrogens (tertiary/aromatic N) is 5. The molecular weight excluding hydrogens is 242 g/mol. The fourth-order valence-corrected chi connectivity index (χ4v) is 3.37. The van der Waals surface area contributed by atoms with Crippen LogP contribution in [-0.2, 0) is 7.05 Å². The fourth-order valence-electron chi connectivity index (χ4n) is 3.37. The van der Waals surface area contributed by atoms with Crippen LogP contribution < -0.4 is 0 Å². The van der Waals surface area contributed by atoms with E-state index in [0.29, 0.717) is 5.82 Å². The van der Waals surface area contributed by atoms with Crippen molar-refractivity contribution in [3.63, 3.8) is 0 Å². The summed E-state index contributed by atoms with van der Waals surface area (Å²) in [4.78, 5) is 21.1. The van der Waals surface area contributed by atoms with Crippen LogP contribution >= 0.6 is 0 Å². The van der Waals surface area contributed by atoms with Gasteiger partial charge in [0.15, 0.2) is 0 Å². The van der Waals surface area contributed by atoms with Gasteiger partial charge in [0.25, 0.3) is 5.91 Å². The van der Waals surface area contributed by atoms with Gasteiger partial charge >= 0.3 is 0 Å². The Kier molecular flexibility index (Phi) is 3.05. The smallest absolute Gasteiger partial charge is 0.293 e. The lowest BCUT2D eigenvalue weighted by molar-refractivity contribution is 0.0397. The second kappa shape index (κ2) is 4.59. The zero-order valence-corrected chi connectivity index (χ0v) is 11.7. The van der Waals surface area contributed by atoms with E-state index < -0.39 is 0 Å². The monoisotopic (exact) mass is 263 g/mol. The Balaban J connectivity index is 1.81. The second-order valence-electron chi connectivity index (χ2n) is 5.83. The maximum Gasteiger partial charge on any atom is 0.293 e. The summed E-state index contributed by atoms with van der Waals surface area (Å²) in [5, 5.41) is 4.15. The van der Waals surface area contributed by atoms with Gasteiger partial charge in [0.1, 0.15) is 6.33 Å². The molecule has 0 radical (unpaired) electrons. The summed E-state index contributed by atoms with van der Waals surface area (Å²) in [6.07, 6.45) is 5.95. The fraction of sp³-hybridized carbons (Fsp3) is 0.769. The molecule has 0 atom stereocenters. The van der Waals surface area contributed by atoms with Crippen LogP contribution in [-0.4, -0.2) is 62.7 Å². The SMILES string of the molecule is CN1CCC2(CCCN2C(=O)c2ncn(C)n2)CC1. The Morgan fingerprint density at radius 1 is 1.21 bits per heavy atom. The van der Waals surface area contributed by atoms with E-state index in [9.17, 15) is 4.79 Å². The molecule has 104 valence electrons. The van der Waals surface area contributed by atoms with Crippen molar-refractivity contribution < 1.29 is 4.79 Å². The number of hydrogen-bond acceptors (Lipinski definition) is 4. The van der Waals surface area contributed by atoms with Crippen molar-refractivity contribution in [2.75, 3.05) is 26.7 Å². The van der Waals surface area contributed by atoms with Crippen molar-refractivity contribution in [1.29, 1.82) is 0 Å². The lowest BCUT2D eigenvalue weighted by Crippen LogP contribution is -2.53. The molecule has 0 bridgehead atoms. The number of carbonyl (C=O) groups excluding carboxylic acids is 1. The molecular formula is C13H21N5O. The van der Waals surface area contributed by atoms with E-state index in [1.165, 1.54) is 0 Å². The molecule has 1 amide bonds. The van der Waals surface area contributed by atoms with E-state index in [1.54, 1.807) is 18.1 Å². The highest BCUT2D eigenvalue weighted by molar-refractivity contribution is 5.91. The Bertz CT molecular complexity index is 475. The number of hydrogen-bond donors (Lipinski definition) is 0. The average molecular weight is 263 g/mol. The standard InChI is InChI=1S/C13H21N5O/c1-16-8-5-13(6-9-16)4-3-7-18(13)12(19)11-14-10-17(2)15-11/h10H,3-9H2,1-2H3. The summed E-state index contributed by atoms with van der Waals surface area (Å²) in [5.41, 5.74) is 0.0583. The number of carbonyl (C=O) groups is 1. The van der Waals surface area contributed by atoms with Crippen molar-refractivity contribution in [2.24, 2.45) is 7.05 Å². The molecule has 0 aromatic carbocycles. The molecule has 2 saturated heterocycles. The van der Waals surface area contributed by atoms with Gasteiger partial charge in [-0.1, -0.05) is 0 Å². The second-order valence-corrected chi connectivity index (χ2v) is 5.83. The van der Waals surface area contributed by atoms with Crippen LogP contribution in [0.15, 0.2) is 6.33 Å². The molecule has 3 rings (SSSR count). The van der Waals surface area contributed by atoms with Gasteiger partial charge in [-0.2, -0.15) is 0 Å². The third kappa shape index (κ3) is 2.14. The highest BCUT2D eigenvalue weighted by Crippen LogP contribution is 2.38. The number of amides is 1. The van der Waals surface area contributed by atoms with E-state index in [1.807, 2.05) is 4.90 Å². The lowest BCUT2D eigenvalue weighted by atomic mass is 9.85. The molecule has 0 saturated carbocycles. The summed E-state index contributed by atoms with van der Waals surface area (Å²) < 4.78 is 1.59. The minimum absolute atomic E-state index is 0.00246. The van der Waals surface area contributed by atoms with Gasteiger partial charge in [0.05, 0.1) is 0 Å².